The van der Waals surface area contributed by atoms with Crippen molar-refractivity contribution in [3.8, 4) is 0 Å². The molecule has 3 aromatic heterocycles. The van der Waals surface area contributed by atoms with Crippen molar-refractivity contribution >= 4 is 11.6 Å². The van der Waals surface area contributed by atoms with E-state index in [1.807, 2.05) is 18.3 Å². The third-order valence-electron chi connectivity index (χ3n) is 4.28. The van der Waals surface area contributed by atoms with Crippen molar-refractivity contribution in [2.45, 2.75) is 13.3 Å². The first kappa shape index (κ1) is 15.8. The summed E-state index contributed by atoms with van der Waals surface area (Å²) in [5, 5.41) is 8.39. The van der Waals surface area contributed by atoms with Crippen molar-refractivity contribution in [1.82, 2.24) is 24.7 Å². The molecular formula is C17H19N5O3. The molecule has 0 aromatic carbocycles. The number of hydrogen-bond donors (Lipinski definition) is 0. The number of aromatic nitrogens is 4. The highest BCUT2D eigenvalue weighted by molar-refractivity contribution is 5.92. The van der Waals surface area contributed by atoms with Crippen molar-refractivity contribution in [2.75, 3.05) is 26.3 Å². The molecule has 0 spiro atoms. The Balaban J connectivity index is 1.48. The average Bonchev–Trinajstić information content (AvgIpc) is 3.18. The summed E-state index contributed by atoms with van der Waals surface area (Å²) in [5.41, 5.74) is 2.11. The Labute approximate surface area is 144 Å². The number of fused-ring (bicyclic) bond motifs is 1. The van der Waals surface area contributed by atoms with Crippen LogP contribution in [-0.4, -0.2) is 56.9 Å². The highest BCUT2D eigenvalue weighted by Gasteiger charge is 2.25. The topological polar surface area (TPSA) is 85.8 Å². The first-order valence-electron chi connectivity index (χ1n) is 8.28. The van der Waals surface area contributed by atoms with Gasteiger partial charge in [0.15, 0.2) is 11.3 Å². The molecule has 4 heterocycles. The van der Waals surface area contributed by atoms with Crippen LogP contribution in [-0.2, 0) is 11.2 Å². The molecule has 1 atom stereocenters. The van der Waals surface area contributed by atoms with Gasteiger partial charge in [0, 0.05) is 37.5 Å². The van der Waals surface area contributed by atoms with Crippen molar-refractivity contribution in [3.05, 3.63) is 47.7 Å². The van der Waals surface area contributed by atoms with Gasteiger partial charge in [0.05, 0.1) is 18.9 Å². The number of amides is 1. The minimum absolute atomic E-state index is 0.120. The maximum atomic E-state index is 12.6. The van der Waals surface area contributed by atoms with Crippen LogP contribution in [0, 0.1) is 12.8 Å². The lowest BCUT2D eigenvalue weighted by molar-refractivity contribution is 0.0727. The number of hydrogen-bond acceptors (Lipinski definition) is 6. The van der Waals surface area contributed by atoms with E-state index in [-0.39, 0.29) is 11.8 Å². The van der Waals surface area contributed by atoms with Crippen LogP contribution in [0.4, 0.5) is 0 Å². The lowest BCUT2D eigenvalue weighted by Crippen LogP contribution is -2.36. The Morgan fingerprint density at radius 1 is 1.40 bits per heavy atom. The van der Waals surface area contributed by atoms with Gasteiger partial charge in [-0.05, 0) is 25.5 Å². The van der Waals surface area contributed by atoms with Gasteiger partial charge in [0.25, 0.3) is 5.91 Å². The van der Waals surface area contributed by atoms with Crippen LogP contribution in [0.2, 0.25) is 0 Å². The molecule has 1 fully saturated rings. The summed E-state index contributed by atoms with van der Waals surface area (Å²) >= 11 is 0. The van der Waals surface area contributed by atoms with Crippen LogP contribution in [0.3, 0.4) is 0 Å². The summed E-state index contributed by atoms with van der Waals surface area (Å²) < 4.78 is 12.5. The summed E-state index contributed by atoms with van der Waals surface area (Å²) in [6.45, 7) is 4.05. The van der Waals surface area contributed by atoms with Gasteiger partial charge in [-0.25, -0.2) is 9.50 Å². The van der Waals surface area contributed by atoms with Gasteiger partial charge in [0.2, 0.25) is 0 Å². The number of nitrogens with zero attached hydrogens (tertiary/aromatic N) is 5. The number of imidazole rings is 1. The number of rotatable bonds is 3. The minimum atomic E-state index is -0.120. The van der Waals surface area contributed by atoms with Gasteiger partial charge in [0.1, 0.15) is 5.76 Å². The summed E-state index contributed by atoms with van der Waals surface area (Å²) in [7, 11) is 0. The SMILES string of the molecule is Cc1cc(C(=O)N2CCOCC(Cc3ccc4nccn4n3)C2)no1. The van der Waals surface area contributed by atoms with Gasteiger partial charge in [-0.1, -0.05) is 5.16 Å². The van der Waals surface area contributed by atoms with Crippen LogP contribution >= 0.6 is 0 Å². The molecule has 1 aliphatic rings. The van der Waals surface area contributed by atoms with Gasteiger partial charge < -0.3 is 14.2 Å². The Morgan fingerprint density at radius 3 is 3.16 bits per heavy atom. The van der Waals surface area contributed by atoms with Crippen LogP contribution in [0.15, 0.2) is 35.1 Å². The fraction of sp³-hybridized carbons (Fsp3) is 0.412. The predicted molar refractivity (Wildman–Crippen MR) is 88.1 cm³/mol. The molecule has 3 aromatic rings. The molecule has 0 aliphatic carbocycles. The molecule has 0 radical (unpaired) electrons. The molecule has 1 aliphatic heterocycles. The van der Waals surface area contributed by atoms with Crippen molar-refractivity contribution in [2.24, 2.45) is 5.92 Å². The van der Waals surface area contributed by atoms with E-state index < -0.39 is 0 Å². The van der Waals surface area contributed by atoms with Crippen LogP contribution in [0.25, 0.3) is 5.65 Å². The van der Waals surface area contributed by atoms with E-state index >= 15 is 0 Å². The van der Waals surface area contributed by atoms with E-state index in [4.69, 9.17) is 9.26 Å². The van der Waals surface area contributed by atoms with E-state index in [9.17, 15) is 4.79 Å². The molecule has 1 amide bonds. The summed E-state index contributed by atoms with van der Waals surface area (Å²) in [6.07, 6.45) is 4.28. The summed E-state index contributed by atoms with van der Waals surface area (Å²) in [4.78, 5) is 18.6. The molecule has 1 unspecified atom stereocenters. The van der Waals surface area contributed by atoms with Crippen molar-refractivity contribution in [1.29, 1.82) is 0 Å². The lowest BCUT2D eigenvalue weighted by Gasteiger charge is -2.22. The number of carbonyl (C=O) groups excluding carboxylic acids is 1. The Morgan fingerprint density at radius 2 is 2.32 bits per heavy atom. The fourth-order valence-corrected chi connectivity index (χ4v) is 3.08. The van der Waals surface area contributed by atoms with Gasteiger partial charge >= 0.3 is 0 Å². The normalized spacial score (nSPS) is 18.4. The quantitative estimate of drug-likeness (QED) is 0.715. The molecule has 4 rings (SSSR count). The molecule has 0 N–H and O–H groups in total. The maximum absolute atomic E-state index is 12.6. The summed E-state index contributed by atoms with van der Waals surface area (Å²) in [6, 6.07) is 5.58. The maximum Gasteiger partial charge on any atom is 0.276 e. The Bertz CT molecular complexity index is 887. The highest BCUT2D eigenvalue weighted by atomic mass is 16.5. The predicted octanol–water partition coefficient (Wildman–Crippen LogP) is 1.36. The molecule has 8 nitrogen and oxygen atoms in total. The Kier molecular flexibility index (Phi) is 4.19. The second-order valence-electron chi connectivity index (χ2n) is 6.27. The smallest absolute Gasteiger partial charge is 0.276 e. The first-order valence-corrected chi connectivity index (χ1v) is 8.28. The van der Waals surface area contributed by atoms with Gasteiger partial charge in [-0.3, -0.25) is 4.79 Å². The zero-order valence-electron chi connectivity index (χ0n) is 14.0. The molecule has 25 heavy (non-hydrogen) atoms. The van der Waals surface area contributed by atoms with Crippen LogP contribution in [0.5, 0.6) is 0 Å². The molecule has 1 saturated heterocycles. The molecule has 0 saturated carbocycles. The zero-order chi connectivity index (χ0) is 17.2. The van der Waals surface area contributed by atoms with E-state index in [0.717, 1.165) is 17.8 Å². The molecular weight excluding hydrogens is 322 g/mol. The van der Waals surface area contributed by atoms with Crippen molar-refractivity contribution in [3.63, 3.8) is 0 Å². The van der Waals surface area contributed by atoms with Crippen molar-refractivity contribution < 1.29 is 14.1 Å². The standard InChI is InChI=1S/C17H19N5O3/c1-12-8-15(20-25-12)17(23)21-6-7-24-11-13(10-21)9-14-2-3-16-18-4-5-22(16)19-14/h2-5,8,13H,6-7,9-11H2,1H3. The van der Waals surface area contributed by atoms with E-state index in [0.29, 0.717) is 37.8 Å². The van der Waals surface area contributed by atoms with Crippen LogP contribution < -0.4 is 0 Å². The minimum Gasteiger partial charge on any atom is -0.379 e. The van der Waals surface area contributed by atoms with Gasteiger partial charge in [-0.2, -0.15) is 5.10 Å². The second-order valence-corrected chi connectivity index (χ2v) is 6.27. The van der Waals surface area contributed by atoms with Crippen LogP contribution in [0.1, 0.15) is 21.9 Å². The molecule has 0 bridgehead atoms. The number of ether oxygens (including phenoxy) is 1. The molecule has 130 valence electrons. The van der Waals surface area contributed by atoms with E-state index in [1.165, 1.54) is 0 Å². The average molecular weight is 341 g/mol. The number of carbonyl (C=O) groups is 1. The highest BCUT2D eigenvalue weighted by Crippen LogP contribution is 2.15. The van der Waals surface area contributed by atoms with E-state index in [2.05, 4.69) is 15.2 Å². The first-order chi connectivity index (χ1) is 12.2. The fourth-order valence-electron chi connectivity index (χ4n) is 3.08. The largest absolute Gasteiger partial charge is 0.379 e. The third kappa shape index (κ3) is 3.39. The monoisotopic (exact) mass is 341 g/mol. The summed E-state index contributed by atoms with van der Waals surface area (Å²) in [5.74, 6) is 0.682. The molecule has 8 heteroatoms. The Hall–Kier alpha value is -2.74. The van der Waals surface area contributed by atoms with E-state index in [1.54, 1.807) is 28.6 Å². The number of aryl methyl sites for hydroxylation is 1. The second kappa shape index (κ2) is 6.64. The third-order valence-corrected chi connectivity index (χ3v) is 4.28. The van der Waals surface area contributed by atoms with Gasteiger partial charge in [-0.15, -0.1) is 0 Å². The lowest BCUT2D eigenvalue weighted by atomic mass is 10.0. The zero-order valence-corrected chi connectivity index (χ0v) is 14.0.